The minimum Gasteiger partial charge on any atom is -0.286 e. The first-order chi connectivity index (χ1) is 7.28. The molecular weight excluding hydrogens is 182 g/mol. The lowest BCUT2D eigenvalue weighted by Crippen LogP contribution is -2.13. The van der Waals surface area contributed by atoms with Crippen molar-refractivity contribution in [2.75, 3.05) is 0 Å². The van der Waals surface area contributed by atoms with E-state index in [9.17, 15) is 0 Å². The zero-order valence-corrected chi connectivity index (χ0v) is 9.99. The van der Waals surface area contributed by atoms with Crippen LogP contribution in [0.15, 0.2) is 52.1 Å². The van der Waals surface area contributed by atoms with E-state index >= 15 is 0 Å². The van der Waals surface area contributed by atoms with Gasteiger partial charge in [0.15, 0.2) is 0 Å². The van der Waals surface area contributed by atoms with Crippen molar-refractivity contribution in [1.29, 1.82) is 0 Å². The molecule has 0 N–H and O–H groups in total. The van der Waals surface area contributed by atoms with Crippen LogP contribution in [0.5, 0.6) is 0 Å². The topological polar surface area (TPSA) is 12.4 Å². The zero-order chi connectivity index (χ0) is 11.3. The summed E-state index contributed by atoms with van der Waals surface area (Å²) in [5.74, 6) is 0. The highest BCUT2D eigenvalue weighted by molar-refractivity contribution is 5.61. The molecule has 1 aliphatic carbocycles. The lowest BCUT2D eigenvalue weighted by atomic mass is 9.86. The summed E-state index contributed by atoms with van der Waals surface area (Å²) >= 11 is 0. The highest BCUT2D eigenvalue weighted by Gasteiger charge is 2.18. The summed E-state index contributed by atoms with van der Waals surface area (Å²) in [5, 5.41) is 0. The Morgan fingerprint density at radius 3 is 2.27 bits per heavy atom. The summed E-state index contributed by atoms with van der Waals surface area (Å²) in [4.78, 5) is 4.45. The van der Waals surface area contributed by atoms with Gasteiger partial charge in [-0.15, -0.1) is 0 Å². The first kappa shape index (κ1) is 11.7. The normalized spacial score (nSPS) is 29.9. The average Bonchev–Trinajstić information content (AvgIpc) is 2.28. The van der Waals surface area contributed by atoms with Crippen LogP contribution in [-0.2, 0) is 0 Å². The minimum atomic E-state index is 0.190. The van der Waals surface area contributed by atoms with Crippen molar-refractivity contribution in [3.05, 3.63) is 47.1 Å². The van der Waals surface area contributed by atoms with Gasteiger partial charge in [0.25, 0.3) is 0 Å². The number of rotatable bonds is 1. The van der Waals surface area contributed by atoms with Gasteiger partial charge >= 0.3 is 0 Å². The molecule has 0 spiro atoms. The van der Waals surface area contributed by atoms with Crippen molar-refractivity contribution >= 4 is 6.21 Å². The second-order valence-corrected chi connectivity index (χ2v) is 3.40. The summed E-state index contributed by atoms with van der Waals surface area (Å²) in [6.07, 6.45) is 12.6. The van der Waals surface area contributed by atoms with E-state index in [0.29, 0.717) is 0 Å². The summed E-state index contributed by atoms with van der Waals surface area (Å²) in [6.45, 7) is 8.18. The van der Waals surface area contributed by atoms with Crippen LogP contribution in [0.4, 0.5) is 0 Å². The fourth-order valence-corrected chi connectivity index (χ4v) is 1.92. The molecule has 0 aliphatic heterocycles. The average molecular weight is 201 g/mol. The quantitative estimate of drug-likeness (QED) is 0.571. The molecule has 1 heteroatoms. The second kappa shape index (κ2) is 5.50. The van der Waals surface area contributed by atoms with E-state index in [2.05, 4.69) is 56.1 Å². The summed E-state index contributed by atoms with van der Waals surface area (Å²) in [5.41, 5.74) is 3.89. The third kappa shape index (κ3) is 2.35. The maximum atomic E-state index is 4.45. The van der Waals surface area contributed by atoms with Gasteiger partial charge in [-0.2, -0.15) is 0 Å². The van der Waals surface area contributed by atoms with E-state index in [1.807, 2.05) is 13.1 Å². The van der Waals surface area contributed by atoms with Gasteiger partial charge < -0.3 is 0 Å². The molecule has 1 unspecified atom stereocenters. The van der Waals surface area contributed by atoms with Crippen LogP contribution in [0, 0.1) is 0 Å². The fourth-order valence-electron chi connectivity index (χ4n) is 1.92. The standard InChI is InChI=1S/C14H19N/c1-5-11-9-10-14(15-8-4)13(7-3)12(11)6-2/h5-10,14H,1-4H3. The van der Waals surface area contributed by atoms with Crippen molar-refractivity contribution in [2.24, 2.45) is 4.99 Å². The van der Waals surface area contributed by atoms with Gasteiger partial charge in [-0.3, -0.25) is 4.99 Å². The Balaban J connectivity index is 3.22. The van der Waals surface area contributed by atoms with E-state index < -0.39 is 0 Å². The summed E-state index contributed by atoms with van der Waals surface area (Å²) in [7, 11) is 0. The molecule has 15 heavy (non-hydrogen) atoms. The maximum absolute atomic E-state index is 4.45. The first-order valence-electron chi connectivity index (χ1n) is 5.44. The van der Waals surface area contributed by atoms with Crippen LogP contribution in [0.3, 0.4) is 0 Å². The highest BCUT2D eigenvalue weighted by Crippen LogP contribution is 2.30. The van der Waals surface area contributed by atoms with Crippen LogP contribution >= 0.6 is 0 Å². The first-order valence-corrected chi connectivity index (χ1v) is 5.44. The molecule has 80 valence electrons. The Morgan fingerprint density at radius 2 is 1.80 bits per heavy atom. The van der Waals surface area contributed by atoms with Crippen molar-refractivity contribution in [3.63, 3.8) is 0 Å². The molecular formula is C14H19N. The molecule has 0 aromatic heterocycles. The molecule has 1 nitrogen and oxygen atoms in total. The van der Waals surface area contributed by atoms with E-state index in [1.54, 1.807) is 0 Å². The van der Waals surface area contributed by atoms with Crippen LogP contribution in [0.1, 0.15) is 27.7 Å². The molecule has 0 saturated heterocycles. The molecule has 0 heterocycles. The second-order valence-electron chi connectivity index (χ2n) is 3.40. The number of hydrogen-bond donors (Lipinski definition) is 0. The number of hydrogen-bond acceptors (Lipinski definition) is 1. The fraction of sp³-hybridized carbons (Fsp3) is 0.357. The predicted molar refractivity (Wildman–Crippen MR) is 68.4 cm³/mol. The van der Waals surface area contributed by atoms with Crippen molar-refractivity contribution < 1.29 is 0 Å². The Labute approximate surface area is 92.6 Å². The van der Waals surface area contributed by atoms with Gasteiger partial charge in [0.2, 0.25) is 0 Å². The van der Waals surface area contributed by atoms with Gasteiger partial charge in [0, 0.05) is 0 Å². The van der Waals surface area contributed by atoms with Gasteiger partial charge in [-0.05, 0) is 50.6 Å². The third-order valence-electron chi connectivity index (χ3n) is 2.62. The molecule has 0 aromatic rings. The maximum Gasteiger partial charge on any atom is 0.0932 e. The lowest BCUT2D eigenvalue weighted by molar-refractivity contribution is 0.944. The number of aliphatic imine (C=N–C) groups is 1. The number of allylic oxidation sites excluding steroid dienone is 5. The third-order valence-corrected chi connectivity index (χ3v) is 2.62. The molecule has 0 fully saturated rings. The summed E-state index contributed by atoms with van der Waals surface area (Å²) < 4.78 is 0. The molecule has 1 aliphatic rings. The highest BCUT2D eigenvalue weighted by atomic mass is 14.8. The van der Waals surface area contributed by atoms with E-state index in [0.717, 1.165) is 0 Å². The molecule has 0 radical (unpaired) electrons. The van der Waals surface area contributed by atoms with Crippen molar-refractivity contribution in [1.82, 2.24) is 0 Å². The Hall–Kier alpha value is -1.37. The molecule has 1 rings (SSSR count). The predicted octanol–water partition coefficient (Wildman–Crippen LogP) is 3.85. The molecule has 0 amide bonds. The van der Waals surface area contributed by atoms with Crippen molar-refractivity contribution in [2.45, 2.75) is 33.7 Å². The molecule has 0 saturated carbocycles. The monoisotopic (exact) mass is 201 g/mol. The van der Waals surface area contributed by atoms with Gasteiger partial charge in [0.1, 0.15) is 0 Å². The smallest absolute Gasteiger partial charge is 0.0932 e. The largest absolute Gasteiger partial charge is 0.286 e. The lowest BCUT2D eigenvalue weighted by Gasteiger charge is -2.22. The van der Waals surface area contributed by atoms with E-state index in [1.165, 1.54) is 16.7 Å². The van der Waals surface area contributed by atoms with Gasteiger partial charge in [-0.25, -0.2) is 0 Å². The van der Waals surface area contributed by atoms with E-state index in [-0.39, 0.29) is 6.04 Å². The molecule has 0 aromatic carbocycles. The van der Waals surface area contributed by atoms with Crippen LogP contribution in [-0.4, -0.2) is 12.3 Å². The minimum absolute atomic E-state index is 0.190. The SMILES string of the molecule is CC=NC1C=CC(=CC)C(=CC)C1=CC. The molecule has 0 bridgehead atoms. The van der Waals surface area contributed by atoms with Crippen LogP contribution in [0.25, 0.3) is 0 Å². The zero-order valence-electron chi connectivity index (χ0n) is 9.99. The van der Waals surface area contributed by atoms with Gasteiger partial charge in [-0.1, -0.05) is 30.4 Å². The van der Waals surface area contributed by atoms with Crippen LogP contribution < -0.4 is 0 Å². The van der Waals surface area contributed by atoms with E-state index in [4.69, 9.17) is 0 Å². The summed E-state index contributed by atoms with van der Waals surface area (Å²) in [6, 6.07) is 0.190. The van der Waals surface area contributed by atoms with Crippen molar-refractivity contribution in [3.8, 4) is 0 Å². The van der Waals surface area contributed by atoms with Gasteiger partial charge in [0.05, 0.1) is 6.04 Å². The Morgan fingerprint density at radius 1 is 1.07 bits per heavy atom. The number of nitrogens with zero attached hydrogens (tertiary/aromatic N) is 1. The molecule has 1 atom stereocenters. The Bertz CT molecular complexity index is 365. The Kier molecular flexibility index (Phi) is 4.29. The van der Waals surface area contributed by atoms with Crippen LogP contribution in [0.2, 0.25) is 0 Å².